The van der Waals surface area contributed by atoms with Gasteiger partial charge in [-0.15, -0.1) is 22.7 Å². The molecule has 0 radical (unpaired) electrons. The zero-order valence-electron chi connectivity index (χ0n) is 40.1. The van der Waals surface area contributed by atoms with Gasteiger partial charge in [0.15, 0.2) is 0 Å². The van der Waals surface area contributed by atoms with E-state index in [1.807, 2.05) is 106 Å². The van der Waals surface area contributed by atoms with Gasteiger partial charge in [-0.05, 0) is 143 Å². The second kappa shape index (κ2) is 22.3. The third-order valence-electron chi connectivity index (χ3n) is 12.5. The summed E-state index contributed by atoms with van der Waals surface area (Å²) in [5, 5.41) is 31.5. The van der Waals surface area contributed by atoms with Crippen LogP contribution in [-0.2, 0) is 32.9 Å². The molecule has 4 aromatic carbocycles. The van der Waals surface area contributed by atoms with Crippen LogP contribution < -0.4 is 18.9 Å². The van der Waals surface area contributed by atoms with Crippen molar-refractivity contribution in [1.29, 1.82) is 10.5 Å². The van der Waals surface area contributed by atoms with Gasteiger partial charge >= 0.3 is 0 Å². The van der Waals surface area contributed by atoms with Crippen LogP contribution in [0.1, 0.15) is 98.8 Å². The molecule has 1 aliphatic heterocycles. The minimum atomic E-state index is -3.51. The summed E-state index contributed by atoms with van der Waals surface area (Å²) in [6, 6.07) is 27.0. The van der Waals surface area contributed by atoms with Crippen LogP contribution in [0.2, 0.25) is 0 Å². The molecule has 0 amide bonds. The van der Waals surface area contributed by atoms with Gasteiger partial charge in [0, 0.05) is 54.1 Å². The molecule has 6 aromatic rings. The molecule has 0 saturated carbocycles. The van der Waals surface area contributed by atoms with Crippen LogP contribution in [0.25, 0.3) is 42.0 Å². The summed E-state index contributed by atoms with van der Waals surface area (Å²) < 4.78 is 66.8. The molecule has 0 bridgehead atoms. The molecular weight excluding hydrogens is 975 g/mol. The lowest BCUT2D eigenvalue weighted by Crippen LogP contribution is -2.42. The van der Waals surface area contributed by atoms with E-state index in [1.54, 1.807) is 28.7 Å². The Bertz CT molecular complexity index is 3230. The molecule has 3 N–H and O–H groups in total. The van der Waals surface area contributed by atoms with Gasteiger partial charge in [-0.2, -0.15) is 10.5 Å². The van der Waals surface area contributed by atoms with Crippen molar-refractivity contribution >= 4 is 42.7 Å². The average Bonchev–Trinajstić information content (AvgIpc) is 4.19. The fourth-order valence-electron chi connectivity index (χ4n) is 9.30. The van der Waals surface area contributed by atoms with Crippen LogP contribution >= 0.6 is 22.7 Å². The molecule has 2 aromatic heterocycles. The van der Waals surface area contributed by atoms with E-state index in [1.165, 1.54) is 0 Å². The lowest BCUT2D eigenvalue weighted by atomic mass is 10.0. The Kier molecular flexibility index (Phi) is 16.2. The van der Waals surface area contributed by atoms with Crippen LogP contribution in [0.5, 0.6) is 11.5 Å². The number of aliphatic hydroxyl groups excluding tert-OH is 1. The minimum absolute atomic E-state index is 0.0145. The van der Waals surface area contributed by atoms with Gasteiger partial charge in [-0.25, -0.2) is 36.2 Å². The Morgan fingerprint density at radius 1 is 0.775 bits per heavy atom. The molecule has 3 heterocycles. The lowest BCUT2D eigenvalue weighted by molar-refractivity contribution is 0.0740. The average molecular weight is 1030 g/mol. The summed E-state index contributed by atoms with van der Waals surface area (Å²) in [4.78, 5) is 13.3. The van der Waals surface area contributed by atoms with Gasteiger partial charge in [-0.3, -0.25) is 4.90 Å². The molecule has 1 fully saturated rings. The molecule has 14 nitrogen and oxygen atoms in total. The number of benzene rings is 4. The molecular formula is C53H57N7O7S4. The van der Waals surface area contributed by atoms with Crippen molar-refractivity contribution in [3.05, 3.63) is 131 Å². The monoisotopic (exact) mass is 1030 g/mol. The van der Waals surface area contributed by atoms with Gasteiger partial charge < -0.3 is 14.6 Å². The highest BCUT2D eigenvalue weighted by Gasteiger charge is 2.31. The number of ether oxygens (including phenoxy) is 2. The first kappa shape index (κ1) is 51.6. The molecule has 2 aliphatic carbocycles. The number of aromatic nitrogens is 2. The van der Waals surface area contributed by atoms with Gasteiger partial charge in [0.2, 0.25) is 20.0 Å². The molecule has 18 heteroatoms. The Hall–Kier alpha value is -5.80. The maximum absolute atomic E-state index is 12.9. The number of nitriles is 2. The summed E-state index contributed by atoms with van der Waals surface area (Å²) in [6.07, 6.45) is 7.93. The summed E-state index contributed by atoms with van der Waals surface area (Å²) >= 11 is 3.10. The number of hydrogen-bond acceptors (Lipinski definition) is 14. The summed E-state index contributed by atoms with van der Waals surface area (Å²) in [6.45, 7) is 12.9. The van der Waals surface area contributed by atoms with Gasteiger partial charge in [0.1, 0.15) is 33.7 Å². The van der Waals surface area contributed by atoms with Gasteiger partial charge in [0.25, 0.3) is 0 Å². The number of likely N-dealkylation sites (tertiary alicyclic amines) is 1. The number of aliphatic hydroxyl groups is 1. The minimum Gasteiger partial charge on any atom is -0.490 e. The number of β-amino-alcohol motifs (C(OH)–C–C–N with tert-alkyl or cyclic N) is 1. The first-order valence-corrected chi connectivity index (χ1v) is 28.5. The van der Waals surface area contributed by atoms with Gasteiger partial charge in [0.05, 0.1) is 44.9 Å². The molecule has 3 atom stereocenters. The van der Waals surface area contributed by atoms with Crippen molar-refractivity contribution in [3.63, 3.8) is 0 Å². The van der Waals surface area contributed by atoms with E-state index in [2.05, 4.69) is 44.2 Å². The highest BCUT2D eigenvalue weighted by molar-refractivity contribution is 7.92. The zero-order chi connectivity index (χ0) is 50.5. The van der Waals surface area contributed by atoms with Crippen molar-refractivity contribution in [2.24, 2.45) is 0 Å². The Morgan fingerprint density at radius 2 is 1.28 bits per heavy atom. The second-order valence-electron chi connectivity index (χ2n) is 18.3. The highest BCUT2D eigenvalue weighted by Crippen LogP contribution is 2.43. The summed E-state index contributed by atoms with van der Waals surface area (Å²) in [5.74, 6) is 1.16. The van der Waals surface area contributed by atoms with Crippen LogP contribution in [0.4, 0.5) is 0 Å². The number of fused-ring (bicyclic) bond motifs is 2. The number of nitrogens with one attached hydrogen (secondary N) is 2. The molecule has 0 unspecified atom stereocenters. The molecule has 1 saturated heterocycles. The number of piperidine rings is 1. The van der Waals surface area contributed by atoms with Crippen LogP contribution in [0.15, 0.2) is 97.2 Å². The van der Waals surface area contributed by atoms with E-state index in [0.717, 1.165) is 102 Å². The highest BCUT2D eigenvalue weighted by atomic mass is 32.2. The van der Waals surface area contributed by atoms with Crippen molar-refractivity contribution in [2.45, 2.75) is 96.6 Å². The standard InChI is InChI=1S/C29H34N4O4S2.C24H23N3O3S2/c1-19(2)37-27-11-8-20(15-21(27)16-30)29-31-17-28(38-29)25-7-3-6-24-23(25)9-10-26(24)32-39(35,36)14-13-33-12-4-5-22(34)18-33;1-4-32(28,29)27-21-10-9-18-19(21)6-5-7-20(18)23-14-26-24(31-23)16-8-11-22(30-15(2)3)17(12-16)13-25/h3,6-8,11,15,17,19,22,26,32,34H,4-5,9-10,12-14,18H2,1-2H3;4-8,11-12,14-15,21,27H,1,9-10H2,2-3H3/t22-,26-;21-/m11/s1. The van der Waals surface area contributed by atoms with E-state index in [0.29, 0.717) is 48.6 Å². The second-order valence-corrected chi connectivity index (χ2v) is 23.9. The largest absolute Gasteiger partial charge is 0.490 e. The van der Waals surface area contributed by atoms with E-state index in [-0.39, 0.29) is 36.1 Å². The van der Waals surface area contributed by atoms with Crippen LogP contribution in [0.3, 0.4) is 0 Å². The quantitative estimate of drug-likeness (QED) is 0.0828. The predicted octanol–water partition coefficient (Wildman–Crippen LogP) is 9.69. The molecule has 370 valence electrons. The number of rotatable bonds is 16. The smallest absolute Gasteiger partial charge is 0.233 e. The Morgan fingerprint density at radius 3 is 1.75 bits per heavy atom. The topological polar surface area (TPSA) is 208 Å². The maximum Gasteiger partial charge on any atom is 0.233 e. The molecule has 3 aliphatic rings. The Labute approximate surface area is 424 Å². The maximum atomic E-state index is 12.9. The van der Waals surface area contributed by atoms with Crippen LogP contribution in [0, 0.1) is 22.7 Å². The van der Waals surface area contributed by atoms with Crippen LogP contribution in [-0.4, -0.2) is 80.5 Å². The van der Waals surface area contributed by atoms with E-state index < -0.39 is 20.0 Å². The SMILES string of the molecule is C=CS(=O)(=O)N[C@@H]1CCc2c(-c3cnc(-c4ccc(OC(C)C)c(C#N)c4)s3)cccc21.CC(C)Oc1ccc(-c2ncc(-c3cccc4c3CC[C@H]4NS(=O)(=O)CCN3CCC[C@@H](O)C3)s2)cc1C#N. The predicted molar refractivity (Wildman–Crippen MR) is 280 cm³/mol. The third kappa shape index (κ3) is 12.5. The number of hydrogen-bond donors (Lipinski definition) is 3. The van der Waals surface area contributed by atoms with E-state index in [9.17, 15) is 32.5 Å². The number of thiazole rings is 2. The van der Waals surface area contributed by atoms with E-state index in [4.69, 9.17) is 9.47 Å². The van der Waals surface area contributed by atoms with Crippen molar-refractivity contribution in [1.82, 2.24) is 24.3 Å². The first-order chi connectivity index (χ1) is 34.0. The normalized spacial score (nSPS) is 17.7. The molecule has 71 heavy (non-hydrogen) atoms. The Balaban J connectivity index is 0.000000194. The number of nitrogens with zero attached hydrogens (tertiary/aromatic N) is 5. The van der Waals surface area contributed by atoms with Crippen molar-refractivity contribution in [2.75, 3.05) is 25.4 Å². The number of sulfonamides is 2. The van der Waals surface area contributed by atoms with Crippen molar-refractivity contribution < 1.29 is 31.4 Å². The fraction of sp³-hybridized carbons (Fsp3) is 0.358. The zero-order valence-corrected chi connectivity index (χ0v) is 43.4. The molecule has 9 rings (SSSR count). The fourth-order valence-corrected chi connectivity index (χ4v) is 13.3. The lowest BCUT2D eigenvalue weighted by Gasteiger charge is -2.29. The summed E-state index contributed by atoms with van der Waals surface area (Å²) in [5.41, 5.74) is 9.10. The molecule has 0 spiro atoms. The van der Waals surface area contributed by atoms with E-state index >= 15 is 0 Å². The van der Waals surface area contributed by atoms with Crippen molar-refractivity contribution in [3.8, 4) is 65.7 Å². The van der Waals surface area contributed by atoms with Gasteiger partial charge in [-0.1, -0.05) is 43.0 Å². The summed E-state index contributed by atoms with van der Waals surface area (Å²) in [7, 11) is -6.98. The third-order valence-corrected chi connectivity index (χ3v) is 17.1. The first-order valence-electron chi connectivity index (χ1n) is 23.7.